The van der Waals surface area contributed by atoms with Crippen LogP contribution < -0.4 is 0 Å². The van der Waals surface area contributed by atoms with E-state index in [-0.39, 0.29) is 17.0 Å². The highest BCUT2D eigenvalue weighted by molar-refractivity contribution is 9.09. The zero-order valence-corrected chi connectivity index (χ0v) is 9.32. The number of hydrogen-bond acceptors (Lipinski definition) is 3. The van der Waals surface area contributed by atoms with Crippen LogP contribution in [0.4, 0.5) is 10.1 Å². The molecule has 0 heterocycles. The molecule has 0 fully saturated rings. The van der Waals surface area contributed by atoms with Gasteiger partial charge in [-0.1, -0.05) is 15.9 Å². The molecule has 6 heteroatoms. The van der Waals surface area contributed by atoms with Crippen LogP contribution in [0.2, 0.25) is 0 Å². The first-order chi connectivity index (χ1) is 6.93. The Balaban J connectivity index is 3.13. The minimum absolute atomic E-state index is 0.105. The highest BCUT2D eigenvalue weighted by Crippen LogP contribution is 2.28. The van der Waals surface area contributed by atoms with Crippen molar-refractivity contribution in [3.63, 3.8) is 0 Å². The molecule has 0 saturated heterocycles. The second-order valence-electron chi connectivity index (χ2n) is 2.94. The molecule has 0 aromatic heterocycles. The Labute approximate surface area is 93.4 Å². The average molecular weight is 276 g/mol. The number of non-ortho nitro benzene ring substituents is 1. The molecular formula is C9H7BrFNO3. The van der Waals surface area contributed by atoms with Gasteiger partial charge in [-0.3, -0.25) is 14.9 Å². The fraction of sp³-hybridized carbons (Fsp3) is 0.222. The first-order valence-corrected chi connectivity index (χ1v) is 4.93. The Morgan fingerprint density at radius 1 is 1.60 bits per heavy atom. The molecule has 15 heavy (non-hydrogen) atoms. The number of hydrogen-bond donors (Lipinski definition) is 0. The van der Waals surface area contributed by atoms with E-state index in [0.717, 1.165) is 12.1 Å². The number of carbonyl (C=O) groups excluding carboxylic acids is 1. The van der Waals surface area contributed by atoms with Crippen molar-refractivity contribution in [3.8, 4) is 0 Å². The molecule has 0 bridgehead atoms. The lowest BCUT2D eigenvalue weighted by atomic mass is 10.1. The molecule has 0 aliphatic heterocycles. The number of nitro benzene ring substituents is 1. The number of alkyl halides is 1. The lowest BCUT2D eigenvalue weighted by molar-refractivity contribution is -0.385. The standard InChI is InChI=1S/C9H7BrFNO3/c1-5(13)9(10)7-3-2-6(12(14)15)4-8(7)11/h2-4,9H,1H3. The van der Waals surface area contributed by atoms with Crippen molar-refractivity contribution >= 4 is 27.4 Å². The van der Waals surface area contributed by atoms with Crippen molar-refractivity contribution < 1.29 is 14.1 Å². The molecule has 0 saturated carbocycles. The predicted molar refractivity (Wildman–Crippen MR) is 55.4 cm³/mol. The largest absolute Gasteiger partial charge is 0.298 e. The molecule has 4 nitrogen and oxygen atoms in total. The summed E-state index contributed by atoms with van der Waals surface area (Å²) in [6.45, 7) is 1.31. The maximum absolute atomic E-state index is 13.3. The van der Waals surface area contributed by atoms with Crippen LogP contribution >= 0.6 is 15.9 Å². The van der Waals surface area contributed by atoms with Gasteiger partial charge in [-0.2, -0.15) is 0 Å². The number of carbonyl (C=O) groups is 1. The Bertz CT molecular complexity index is 422. The van der Waals surface area contributed by atoms with Gasteiger partial charge in [0.1, 0.15) is 16.4 Å². The molecule has 80 valence electrons. The van der Waals surface area contributed by atoms with Gasteiger partial charge in [0, 0.05) is 11.6 Å². The highest BCUT2D eigenvalue weighted by atomic mass is 79.9. The van der Waals surface area contributed by atoms with E-state index >= 15 is 0 Å². The van der Waals surface area contributed by atoms with Crippen molar-refractivity contribution in [1.82, 2.24) is 0 Å². The predicted octanol–water partition coefficient (Wildman–Crippen LogP) is 2.76. The Morgan fingerprint density at radius 2 is 2.20 bits per heavy atom. The van der Waals surface area contributed by atoms with Gasteiger partial charge in [0.15, 0.2) is 0 Å². The van der Waals surface area contributed by atoms with Gasteiger partial charge in [-0.25, -0.2) is 4.39 Å². The van der Waals surface area contributed by atoms with Gasteiger partial charge in [-0.15, -0.1) is 0 Å². The van der Waals surface area contributed by atoms with E-state index in [1.54, 1.807) is 0 Å². The molecule has 1 rings (SSSR count). The first-order valence-electron chi connectivity index (χ1n) is 4.02. The smallest absolute Gasteiger partial charge is 0.272 e. The summed E-state index contributed by atoms with van der Waals surface area (Å²) in [7, 11) is 0. The van der Waals surface area contributed by atoms with E-state index < -0.39 is 15.6 Å². The van der Waals surface area contributed by atoms with E-state index in [9.17, 15) is 19.3 Å². The normalized spacial score (nSPS) is 12.2. The van der Waals surface area contributed by atoms with Crippen LogP contribution in [0, 0.1) is 15.9 Å². The Hall–Kier alpha value is -1.30. The zero-order valence-electron chi connectivity index (χ0n) is 7.74. The minimum atomic E-state index is -0.765. The number of benzene rings is 1. The van der Waals surface area contributed by atoms with Crippen LogP contribution in [0.3, 0.4) is 0 Å². The van der Waals surface area contributed by atoms with Crippen LogP contribution in [0.5, 0.6) is 0 Å². The molecule has 0 aliphatic carbocycles. The molecule has 0 radical (unpaired) electrons. The van der Waals surface area contributed by atoms with Crippen LogP contribution in [-0.2, 0) is 4.79 Å². The van der Waals surface area contributed by atoms with Gasteiger partial charge in [0.2, 0.25) is 0 Å². The van der Waals surface area contributed by atoms with Crippen molar-refractivity contribution in [2.75, 3.05) is 0 Å². The molecule has 0 amide bonds. The number of halogens is 2. The Kier molecular flexibility index (Phi) is 3.52. The number of rotatable bonds is 3. The molecule has 1 aromatic carbocycles. The van der Waals surface area contributed by atoms with Gasteiger partial charge in [-0.05, 0) is 13.0 Å². The van der Waals surface area contributed by atoms with Crippen LogP contribution in [-0.4, -0.2) is 10.7 Å². The van der Waals surface area contributed by atoms with Crippen molar-refractivity contribution in [1.29, 1.82) is 0 Å². The summed E-state index contributed by atoms with van der Waals surface area (Å²) in [5.41, 5.74) is -0.229. The lowest BCUT2D eigenvalue weighted by Crippen LogP contribution is -2.04. The molecule has 0 spiro atoms. The second kappa shape index (κ2) is 4.48. The third-order valence-corrected chi connectivity index (χ3v) is 2.96. The highest BCUT2D eigenvalue weighted by Gasteiger charge is 2.19. The second-order valence-corrected chi connectivity index (χ2v) is 3.85. The third kappa shape index (κ3) is 2.59. The van der Waals surface area contributed by atoms with Crippen LogP contribution in [0.25, 0.3) is 0 Å². The van der Waals surface area contributed by atoms with E-state index in [0.29, 0.717) is 0 Å². The SMILES string of the molecule is CC(=O)C(Br)c1ccc([N+](=O)[O-])cc1F. The van der Waals surface area contributed by atoms with Crippen molar-refractivity contribution in [3.05, 3.63) is 39.7 Å². The average Bonchev–Trinajstić information content (AvgIpc) is 2.16. The number of ketones is 1. The molecule has 1 atom stereocenters. The van der Waals surface area contributed by atoms with E-state index in [2.05, 4.69) is 15.9 Å². The zero-order chi connectivity index (χ0) is 11.6. The summed E-state index contributed by atoms with van der Waals surface area (Å²) in [5.74, 6) is -1.02. The molecular weight excluding hydrogens is 269 g/mol. The van der Waals surface area contributed by atoms with Gasteiger partial charge < -0.3 is 0 Å². The van der Waals surface area contributed by atoms with Crippen LogP contribution in [0.15, 0.2) is 18.2 Å². The maximum Gasteiger partial charge on any atom is 0.272 e. The van der Waals surface area contributed by atoms with Gasteiger partial charge >= 0.3 is 0 Å². The van der Waals surface area contributed by atoms with Crippen molar-refractivity contribution in [2.45, 2.75) is 11.8 Å². The van der Waals surface area contributed by atoms with Gasteiger partial charge in [0.05, 0.1) is 11.0 Å². The summed E-state index contributed by atoms with van der Waals surface area (Å²) >= 11 is 3.00. The Morgan fingerprint density at radius 3 is 2.60 bits per heavy atom. The van der Waals surface area contributed by atoms with Gasteiger partial charge in [0.25, 0.3) is 5.69 Å². The summed E-state index contributed by atoms with van der Waals surface area (Å²) in [5, 5.41) is 10.3. The summed E-state index contributed by atoms with van der Waals surface area (Å²) in [4.78, 5) is 19.8. The minimum Gasteiger partial charge on any atom is -0.298 e. The monoisotopic (exact) mass is 275 g/mol. The van der Waals surface area contributed by atoms with E-state index in [1.165, 1.54) is 13.0 Å². The topological polar surface area (TPSA) is 60.2 Å². The van der Waals surface area contributed by atoms with Crippen molar-refractivity contribution in [2.24, 2.45) is 0 Å². The lowest BCUT2D eigenvalue weighted by Gasteiger charge is -2.06. The van der Waals surface area contributed by atoms with E-state index in [1.807, 2.05) is 0 Å². The number of nitro groups is 1. The fourth-order valence-corrected chi connectivity index (χ4v) is 1.43. The molecule has 0 aliphatic rings. The third-order valence-electron chi connectivity index (χ3n) is 1.82. The van der Waals surface area contributed by atoms with Crippen LogP contribution in [0.1, 0.15) is 17.3 Å². The molecule has 1 aromatic rings. The summed E-state index contributed by atoms with van der Waals surface area (Å²) in [6, 6.07) is 3.19. The number of nitrogens with zero attached hydrogens (tertiary/aromatic N) is 1. The molecule has 0 N–H and O–H groups in total. The maximum atomic E-state index is 13.3. The van der Waals surface area contributed by atoms with E-state index in [4.69, 9.17) is 0 Å². The number of Topliss-reactive ketones (excluding diaryl/α,β-unsaturated/α-hetero) is 1. The fourth-order valence-electron chi connectivity index (χ4n) is 1.05. The molecule has 1 unspecified atom stereocenters. The quantitative estimate of drug-likeness (QED) is 0.484. The first kappa shape index (κ1) is 11.8. The summed E-state index contributed by atoms with van der Waals surface area (Å²) in [6.07, 6.45) is 0. The summed E-state index contributed by atoms with van der Waals surface area (Å²) < 4.78 is 13.3.